The molecule has 0 aromatic heterocycles. The molecule has 0 heterocycles. The average molecular weight is 261 g/mol. The van der Waals surface area contributed by atoms with Crippen LogP contribution in [0.2, 0.25) is 0 Å². The van der Waals surface area contributed by atoms with Gasteiger partial charge in [-0.05, 0) is 43.6 Å². The summed E-state index contributed by atoms with van der Waals surface area (Å²) < 4.78 is 0. The maximum absolute atomic E-state index is 9.75. The molecule has 0 spiro atoms. The Morgan fingerprint density at radius 1 is 1.16 bits per heavy atom. The highest BCUT2D eigenvalue weighted by atomic mass is 16.3. The number of benzene rings is 1. The van der Waals surface area contributed by atoms with E-state index >= 15 is 0 Å². The van der Waals surface area contributed by atoms with Crippen molar-refractivity contribution in [3.63, 3.8) is 0 Å². The molecule has 1 fully saturated rings. The van der Waals surface area contributed by atoms with Crippen molar-refractivity contribution in [1.29, 1.82) is 0 Å². The number of nitrogens with one attached hydrogen (secondary N) is 1. The van der Waals surface area contributed by atoms with E-state index in [1.165, 1.54) is 31.2 Å². The molecule has 1 aliphatic rings. The van der Waals surface area contributed by atoms with Crippen LogP contribution in [0.4, 0.5) is 0 Å². The summed E-state index contributed by atoms with van der Waals surface area (Å²) in [5.41, 5.74) is 1.49. The van der Waals surface area contributed by atoms with Crippen molar-refractivity contribution in [2.24, 2.45) is 0 Å². The van der Waals surface area contributed by atoms with E-state index in [4.69, 9.17) is 0 Å². The van der Waals surface area contributed by atoms with Gasteiger partial charge in [-0.2, -0.15) is 0 Å². The zero-order valence-corrected chi connectivity index (χ0v) is 12.0. The second-order valence-corrected chi connectivity index (χ2v) is 5.81. The summed E-state index contributed by atoms with van der Waals surface area (Å²) in [7, 11) is 0. The van der Waals surface area contributed by atoms with E-state index in [1.54, 1.807) is 0 Å². The lowest BCUT2D eigenvalue weighted by molar-refractivity contribution is 0.152. The van der Waals surface area contributed by atoms with Gasteiger partial charge in [-0.1, -0.05) is 43.7 Å². The first-order valence-electron chi connectivity index (χ1n) is 7.76. The largest absolute Gasteiger partial charge is 0.392 e. The van der Waals surface area contributed by atoms with Crippen molar-refractivity contribution in [3.8, 4) is 0 Å². The molecule has 0 amide bonds. The SMILES string of the molecule is CCCC(O)CNC1CCC(c2ccccc2)CC1. The smallest absolute Gasteiger partial charge is 0.0664 e. The van der Waals surface area contributed by atoms with Gasteiger partial charge >= 0.3 is 0 Å². The molecule has 2 heteroatoms. The first-order valence-corrected chi connectivity index (χ1v) is 7.76. The molecule has 2 N–H and O–H groups in total. The summed E-state index contributed by atoms with van der Waals surface area (Å²) in [6, 6.07) is 11.5. The number of aliphatic hydroxyl groups excluding tert-OH is 1. The Kier molecular flexibility index (Phi) is 5.87. The molecule has 1 unspecified atom stereocenters. The van der Waals surface area contributed by atoms with Gasteiger partial charge in [0.05, 0.1) is 6.10 Å². The molecule has 106 valence electrons. The van der Waals surface area contributed by atoms with Gasteiger partial charge in [-0.3, -0.25) is 0 Å². The fraction of sp³-hybridized carbons (Fsp3) is 0.647. The summed E-state index contributed by atoms with van der Waals surface area (Å²) in [5.74, 6) is 0.736. The standard InChI is InChI=1S/C17H27NO/c1-2-6-17(19)13-18-16-11-9-15(10-12-16)14-7-4-3-5-8-14/h3-5,7-8,15-19H,2,6,9-13H2,1H3. The van der Waals surface area contributed by atoms with Gasteiger partial charge in [0, 0.05) is 12.6 Å². The van der Waals surface area contributed by atoms with E-state index < -0.39 is 0 Å². The van der Waals surface area contributed by atoms with Crippen LogP contribution >= 0.6 is 0 Å². The predicted molar refractivity (Wildman–Crippen MR) is 80.4 cm³/mol. The summed E-state index contributed by atoms with van der Waals surface area (Å²) in [6.07, 6.45) is 6.81. The van der Waals surface area contributed by atoms with Gasteiger partial charge in [0.15, 0.2) is 0 Å². The Morgan fingerprint density at radius 3 is 2.47 bits per heavy atom. The van der Waals surface area contributed by atoms with Crippen LogP contribution < -0.4 is 5.32 Å². The van der Waals surface area contributed by atoms with Gasteiger partial charge in [0.2, 0.25) is 0 Å². The lowest BCUT2D eigenvalue weighted by atomic mass is 9.82. The third kappa shape index (κ3) is 4.63. The average Bonchev–Trinajstić information content (AvgIpc) is 2.47. The molecule has 0 radical (unpaired) electrons. The lowest BCUT2D eigenvalue weighted by Gasteiger charge is -2.30. The quantitative estimate of drug-likeness (QED) is 0.822. The summed E-state index contributed by atoms with van der Waals surface area (Å²) in [4.78, 5) is 0. The Bertz CT molecular complexity index is 344. The first-order chi connectivity index (χ1) is 9.29. The summed E-state index contributed by atoms with van der Waals surface area (Å²) >= 11 is 0. The molecular weight excluding hydrogens is 234 g/mol. The Hall–Kier alpha value is -0.860. The van der Waals surface area contributed by atoms with Crippen LogP contribution in [0.1, 0.15) is 56.9 Å². The van der Waals surface area contributed by atoms with Gasteiger partial charge < -0.3 is 10.4 Å². The van der Waals surface area contributed by atoms with Crippen molar-refractivity contribution in [2.75, 3.05) is 6.54 Å². The Morgan fingerprint density at radius 2 is 1.84 bits per heavy atom. The van der Waals surface area contributed by atoms with Crippen LogP contribution in [-0.4, -0.2) is 23.8 Å². The van der Waals surface area contributed by atoms with E-state index in [0.717, 1.165) is 25.3 Å². The van der Waals surface area contributed by atoms with Gasteiger partial charge in [-0.25, -0.2) is 0 Å². The number of aliphatic hydroxyl groups is 1. The minimum absolute atomic E-state index is 0.170. The molecular formula is C17H27NO. The highest BCUT2D eigenvalue weighted by Crippen LogP contribution is 2.32. The van der Waals surface area contributed by atoms with Crippen LogP contribution in [0.5, 0.6) is 0 Å². The fourth-order valence-corrected chi connectivity index (χ4v) is 3.09. The topological polar surface area (TPSA) is 32.3 Å². The molecule has 1 saturated carbocycles. The highest BCUT2D eigenvalue weighted by molar-refractivity contribution is 5.20. The maximum Gasteiger partial charge on any atom is 0.0664 e. The van der Waals surface area contributed by atoms with Crippen molar-refractivity contribution >= 4 is 0 Å². The molecule has 1 aliphatic carbocycles. The maximum atomic E-state index is 9.75. The Labute approximate surface area is 117 Å². The van der Waals surface area contributed by atoms with E-state index in [2.05, 4.69) is 42.6 Å². The minimum atomic E-state index is -0.170. The lowest BCUT2D eigenvalue weighted by Crippen LogP contribution is -2.37. The van der Waals surface area contributed by atoms with Crippen LogP contribution in [-0.2, 0) is 0 Å². The zero-order valence-electron chi connectivity index (χ0n) is 12.0. The van der Waals surface area contributed by atoms with Crippen molar-refractivity contribution in [2.45, 2.75) is 63.5 Å². The minimum Gasteiger partial charge on any atom is -0.392 e. The Balaban J connectivity index is 1.71. The van der Waals surface area contributed by atoms with Crippen LogP contribution in [0.15, 0.2) is 30.3 Å². The van der Waals surface area contributed by atoms with Crippen molar-refractivity contribution in [1.82, 2.24) is 5.32 Å². The molecule has 1 atom stereocenters. The third-order valence-electron chi connectivity index (χ3n) is 4.26. The molecule has 1 aromatic carbocycles. The van der Waals surface area contributed by atoms with Crippen molar-refractivity contribution in [3.05, 3.63) is 35.9 Å². The zero-order chi connectivity index (χ0) is 13.5. The predicted octanol–water partition coefficient (Wildman–Crippen LogP) is 3.46. The highest BCUT2D eigenvalue weighted by Gasteiger charge is 2.22. The van der Waals surface area contributed by atoms with Crippen LogP contribution in [0.25, 0.3) is 0 Å². The molecule has 2 nitrogen and oxygen atoms in total. The third-order valence-corrected chi connectivity index (χ3v) is 4.26. The van der Waals surface area contributed by atoms with Crippen LogP contribution in [0, 0.1) is 0 Å². The summed E-state index contributed by atoms with van der Waals surface area (Å²) in [5, 5.41) is 13.3. The number of rotatable bonds is 6. The van der Waals surface area contributed by atoms with E-state index in [0.29, 0.717) is 6.04 Å². The van der Waals surface area contributed by atoms with Gasteiger partial charge in [0.25, 0.3) is 0 Å². The fourth-order valence-electron chi connectivity index (χ4n) is 3.09. The van der Waals surface area contributed by atoms with Gasteiger partial charge in [0.1, 0.15) is 0 Å². The first kappa shape index (κ1) is 14.5. The second-order valence-electron chi connectivity index (χ2n) is 5.81. The molecule has 19 heavy (non-hydrogen) atoms. The van der Waals surface area contributed by atoms with E-state index in [-0.39, 0.29) is 6.10 Å². The normalized spacial score (nSPS) is 25.2. The molecule has 2 rings (SSSR count). The van der Waals surface area contributed by atoms with E-state index in [1.807, 2.05) is 0 Å². The number of hydrogen-bond acceptors (Lipinski definition) is 2. The molecule has 1 aromatic rings. The monoisotopic (exact) mass is 261 g/mol. The van der Waals surface area contributed by atoms with E-state index in [9.17, 15) is 5.11 Å². The molecule has 0 bridgehead atoms. The summed E-state index contributed by atoms with van der Waals surface area (Å²) in [6.45, 7) is 2.88. The van der Waals surface area contributed by atoms with Crippen LogP contribution in [0.3, 0.4) is 0 Å². The molecule has 0 saturated heterocycles. The number of hydrogen-bond donors (Lipinski definition) is 2. The van der Waals surface area contributed by atoms with Gasteiger partial charge in [-0.15, -0.1) is 0 Å². The second kappa shape index (κ2) is 7.66. The molecule has 0 aliphatic heterocycles. The van der Waals surface area contributed by atoms with Crippen molar-refractivity contribution < 1.29 is 5.11 Å².